The highest BCUT2D eigenvalue weighted by molar-refractivity contribution is 7.89. The van der Waals surface area contributed by atoms with Crippen LogP contribution in [0.3, 0.4) is 0 Å². The van der Waals surface area contributed by atoms with Gasteiger partial charge >= 0.3 is 6.18 Å². The standard InChI is InChI=1S/C23H24F3N3O4S2/c1-32-18-7-8-20(33-2)16(14-18)13-17-15-34-22(27-17)28-9-11-29(12-10-28)35(30,31)21-6-4-3-5-19(21)23(24,25)26/h3-8,14-15H,9-13H2,1-2H3. The van der Waals surface area contributed by atoms with Crippen LogP contribution in [0.4, 0.5) is 18.3 Å². The number of halogens is 3. The third-order valence-electron chi connectivity index (χ3n) is 5.72. The zero-order valence-electron chi connectivity index (χ0n) is 19.1. The maximum atomic E-state index is 13.4. The van der Waals surface area contributed by atoms with E-state index in [1.54, 1.807) is 14.2 Å². The van der Waals surface area contributed by atoms with E-state index in [4.69, 9.17) is 9.47 Å². The molecule has 1 aromatic heterocycles. The number of aromatic nitrogens is 1. The van der Waals surface area contributed by atoms with Gasteiger partial charge in [-0.15, -0.1) is 11.3 Å². The normalized spacial score (nSPS) is 15.3. The summed E-state index contributed by atoms with van der Waals surface area (Å²) in [5.74, 6) is 1.43. The Balaban J connectivity index is 1.45. The summed E-state index contributed by atoms with van der Waals surface area (Å²) < 4.78 is 77.9. The number of benzene rings is 2. The number of alkyl halides is 3. The second kappa shape index (κ2) is 10.0. The summed E-state index contributed by atoms with van der Waals surface area (Å²) in [4.78, 5) is 5.91. The van der Waals surface area contributed by atoms with Crippen LogP contribution in [0.1, 0.15) is 16.8 Å². The number of piperazine rings is 1. The van der Waals surface area contributed by atoms with E-state index < -0.39 is 26.7 Å². The van der Waals surface area contributed by atoms with Crippen molar-refractivity contribution in [3.63, 3.8) is 0 Å². The summed E-state index contributed by atoms with van der Waals surface area (Å²) in [5.41, 5.74) is 0.591. The molecule has 1 saturated heterocycles. The summed E-state index contributed by atoms with van der Waals surface area (Å²) in [6.07, 6.45) is -4.23. The lowest BCUT2D eigenvalue weighted by Crippen LogP contribution is -2.49. The van der Waals surface area contributed by atoms with E-state index in [1.165, 1.54) is 23.5 Å². The Labute approximate surface area is 205 Å². The van der Waals surface area contributed by atoms with Gasteiger partial charge < -0.3 is 14.4 Å². The number of nitrogens with zero attached hydrogens (tertiary/aromatic N) is 3. The van der Waals surface area contributed by atoms with Gasteiger partial charge in [-0.25, -0.2) is 13.4 Å². The van der Waals surface area contributed by atoms with Gasteiger partial charge in [-0.05, 0) is 30.3 Å². The van der Waals surface area contributed by atoms with Crippen LogP contribution in [-0.2, 0) is 22.6 Å². The highest BCUT2D eigenvalue weighted by atomic mass is 32.2. The monoisotopic (exact) mass is 527 g/mol. The Morgan fingerprint density at radius 1 is 1.03 bits per heavy atom. The van der Waals surface area contributed by atoms with Gasteiger partial charge in [0.25, 0.3) is 0 Å². The van der Waals surface area contributed by atoms with Gasteiger partial charge in [0, 0.05) is 43.5 Å². The Kier molecular flexibility index (Phi) is 7.25. The Bertz CT molecular complexity index is 1290. The van der Waals surface area contributed by atoms with Crippen molar-refractivity contribution in [2.75, 3.05) is 45.3 Å². The SMILES string of the molecule is COc1ccc(OC)c(Cc2csc(N3CCN(S(=O)(=O)c4ccccc4C(F)(F)F)CC3)n2)c1. The Hall–Kier alpha value is -2.83. The zero-order chi connectivity index (χ0) is 25.2. The van der Waals surface area contributed by atoms with Gasteiger partial charge in [0.1, 0.15) is 11.5 Å². The molecule has 1 aliphatic rings. The second-order valence-electron chi connectivity index (χ2n) is 7.86. The third kappa shape index (κ3) is 5.39. The van der Waals surface area contributed by atoms with E-state index in [0.29, 0.717) is 25.3 Å². The molecule has 2 aromatic carbocycles. The minimum Gasteiger partial charge on any atom is -0.497 e. The lowest BCUT2D eigenvalue weighted by molar-refractivity contribution is -0.139. The molecule has 1 fully saturated rings. The van der Waals surface area contributed by atoms with E-state index in [-0.39, 0.29) is 13.1 Å². The topological polar surface area (TPSA) is 72.0 Å². The number of methoxy groups -OCH3 is 2. The lowest BCUT2D eigenvalue weighted by Gasteiger charge is -2.34. The molecule has 0 aliphatic carbocycles. The molecule has 0 N–H and O–H groups in total. The van der Waals surface area contributed by atoms with Crippen LogP contribution >= 0.6 is 11.3 Å². The zero-order valence-corrected chi connectivity index (χ0v) is 20.7. The summed E-state index contributed by atoms with van der Waals surface area (Å²) in [6.45, 7) is 0.770. The molecule has 4 rings (SSSR count). The number of hydrogen-bond acceptors (Lipinski definition) is 7. The molecule has 7 nitrogen and oxygen atoms in total. The fraction of sp³-hybridized carbons (Fsp3) is 0.348. The molecule has 188 valence electrons. The molecule has 0 atom stereocenters. The van der Waals surface area contributed by atoms with Crippen molar-refractivity contribution in [2.24, 2.45) is 0 Å². The van der Waals surface area contributed by atoms with E-state index >= 15 is 0 Å². The highest BCUT2D eigenvalue weighted by Crippen LogP contribution is 2.36. The maximum Gasteiger partial charge on any atom is 0.417 e. The molecule has 0 spiro atoms. The van der Waals surface area contributed by atoms with Gasteiger partial charge in [-0.2, -0.15) is 17.5 Å². The number of thiazole rings is 1. The van der Waals surface area contributed by atoms with Gasteiger partial charge in [-0.3, -0.25) is 0 Å². The molecular formula is C23H24F3N3O4S2. The van der Waals surface area contributed by atoms with Crippen LogP contribution in [-0.4, -0.2) is 58.1 Å². The third-order valence-corrected chi connectivity index (χ3v) is 8.63. The quantitative estimate of drug-likeness (QED) is 0.457. The van der Waals surface area contributed by atoms with Crippen LogP contribution in [0.25, 0.3) is 0 Å². The van der Waals surface area contributed by atoms with Gasteiger partial charge in [0.15, 0.2) is 5.13 Å². The fourth-order valence-corrected chi connectivity index (χ4v) is 6.44. The van der Waals surface area contributed by atoms with Crippen molar-refractivity contribution in [1.82, 2.24) is 9.29 Å². The maximum absolute atomic E-state index is 13.4. The smallest absolute Gasteiger partial charge is 0.417 e. The average molecular weight is 528 g/mol. The summed E-state index contributed by atoms with van der Waals surface area (Å²) in [6, 6.07) is 9.81. The molecular weight excluding hydrogens is 503 g/mol. The molecule has 3 aromatic rings. The largest absolute Gasteiger partial charge is 0.497 e. The Morgan fingerprint density at radius 3 is 2.40 bits per heavy atom. The van der Waals surface area contributed by atoms with Crippen molar-refractivity contribution < 1.29 is 31.1 Å². The van der Waals surface area contributed by atoms with E-state index in [2.05, 4.69) is 4.98 Å². The molecule has 0 radical (unpaired) electrons. The molecule has 1 aliphatic heterocycles. The van der Waals surface area contributed by atoms with Crippen molar-refractivity contribution in [3.8, 4) is 11.5 Å². The molecule has 2 heterocycles. The predicted octanol–water partition coefficient (Wildman–Crippen LogP) is 4.28. The van der Waals surface area contributed by atoms with Crippen LogP contribution in [0.2, 0.25) is 0 Å². The highest BCUT2D eigenvalue weighted by Gasteiger charge is 2.39. The van der Waals surface area contributed by atoms with Crippen LogP contribution in [0.15, 0.2) is 52.7 Å². The van der Waals surface area contributed by atoms with Crippen molar-refractivity contribution in [3.05, 3.63) is 64.7 Å². The first-order valence-corrected chi connectivity index (χ1v) is 13.0. The van der Waals surface area contributed by atoms with E-state index in [9.17, 15) is 21.6 Å². The van der Waals surface area contributed by atoms with Crippen molar-refractivity contribution in [1.29, 1.82) is 0 Å². The fourth-order valence-electron chi connectivity index (χ4n) is 3.92. The molecule has 12 heteroatoms. The lowest BCUT2D eigenvalue weighted by atomic mass is 10.1. The molecule has 35 heavy (non-hydrogen) atoms. The van der Waals surface area contributed by atoms with E-state index in [0.717, 1.165) is 38.6 Å². The minimum absolute atomic E-state index is 0.0626. The van der Waals surface area contributed by atoms with Crippen LogP contribution in [0, 0.1) is 0 Å². The van der Waals surface area contributed by atoms with Crippen LogP contribution < -0.4 is 14.4 Å². The van der Waals surface area contributed by atoms with Gasteiger partial charge in [0.05, 0.1) is 30.4 Å². The first kappa shape index (κ1) is 25.3. The minimum atomic E-state index is -4.76. The summed E-state index contributed by atoms with van der Waals surface area (Å²) in [7, 11) is -1.10. The number of anilines is 1. The second-order valence-corrected chi connectivity index (χ2v) is 10.6. The number of ether oxygens (including phenoxy) is 2. The summed E-state index contributed by atoms with van der Waals surface area (Å²) in [5, 5.41) is 2.66. The number of sulfonamides is 1. The van der Waals surface area contributed by atoms with Gasteiger partial charge in [-0.1, -0.05) is 12.1 Å². The van der Waals surface area contributed by atoms with Crippen molar-refractivity contribution >= 4 is 26.5 Å². The molecule has 0 unspecified atom stereocenters. The molecule has 0 bridgehead atoms. The number of rotatable bonds is 7. The Morgan fingerprint density at radius 2 is 1.74 bits per heavy atom. The molecule has 0 saturated carbocycles. The average Bonchev–Trinajstić information content (AvgIpc) is 3.32. The first-order chi connectivity index (χ1) is 16.6. The molecule has 0 amide bonds. The van der Waals surface area contributed by atoms with E-state index in [1.807, 2.05) is 28.5 Å². The first-order valence-electron chi connectivity index (χ1n) is 10.7. The van der Waals surface area contributed by atoms with Gasteiger partial charge in [0.2, 0.25) is 10.0 Å². The number of hydrogen-bond donors (Lipinski definition) is 0. The predicted molar refractivity (Wildman–Crippen MR) is 127 cm³/mol. The van der Waals surface area contributed by atoms with Crippen LogP contribution in [0.5, 0.6) is 11.5 Å². The summed E-state index contributed by atoms with van der Waals surface area (Å²) >= 11 is 1.44. The van der Waals surface area contributed by atoms with Crippen molar-refractivity contribution in [2.45, 2.75) is 17.5 Å².